The van der Waals surface area contributed by atoms with Crippen molar-refractivity contribution in [3.05, 3.63) is 30.7 Å². The molecule has 0 saturated heterocycles. The molecular formula is C7H7NO3S. The largest absolute Gasteiger partial charge is 0.461 e. The molecule has 0 amide bonds. The fourth-order valence-electron chi connectivity index (χ4n) is 0.612. The highest BCUT2D eigenvalue weighted by molar-refractivity contribution is 8.11. The molecule has 1 heterocycles. The zero-order valence-electron chi connectivity index (χ0n) is 6.15. The lowest BCUT2D eigenvalue weighted by molar-refractivity contribution is 0.218. The summed E-state index contributed by atoms with van der Waals surface area (Å²) in [6.07, 6.45) is 1.46. The number of carbonyl (C=O) groups is 1. The summed E-state index contributed by atoms with van der Waals surface area (Å²) in [7, 11) is 0. The monoisotopic (exact) mass is 185 g/mol. The van der Waals surface area contributed by atoms with E-state index in [9.17, 15) is 4.79 Å². The lowest BCUT2D eigenvalue weighted by Gasteiger charge is -2.00. The summed E-state index contributed by atoms with van der Waals surface area (Å²) < 4.78 is 9.57. The van der Waals surface area contributed by atoms with Crippen LogP contribution in [-0.2, 0) is 4.74 Å². The highest BCUT2D eigenvalue weighted by atomic mass is 32.2. The Hall–Kier alpha value is -1.20. The molecule has 1 aromatic rings. The lowest BCUT2D eigenvalue weighted by atomic mass is 10.4. The molecule has 0 fully saturated rings. The zero-order valence-corrected chi connectivity index (χ0v) is 6.97. The predicted octanol–water partition coefficient (Wildman–Crippen LogP) is 1.99. The molecule has 0 unspecified atom stereocenters. The Balaban J connectivity index is 2.56. The molecule has 0 atom stereocenters. The summed E-state index contributed by atoms with van der Waals surface area (Å²) in [5, 5.41) is 4.33. The highest BCUT2D eigenvalue weighted by Crippen LogP contribution is 2.15. The van der Waals surface area contributed by atoms with Crippen molar-refractivity contribution in [3.63, 3.8) is 0 Å². The van der Waals surface area contributed by atoms with Crippen LogP contribution in [0.25, 0.3) is 5.76 Å². The van der Waals surface area contributed by atoms with Crippen LogP contribution >= 0.6 is 11.9 Å². The fourth-order valence-corrected chi connectivity index (χ4v) is 0.761. The average molecular weight is 185 g/mol. The van der Waals surface area contributed by atoms with Gasteiger partial charge in [0.1, 0.15) is 0 Å². The minimum atomic E-state index is -0.614. The molecule has 12 heavy (non-hydrogen) atoms. The molecule has 0 radical (unpaired) electrons. The van der Waals surface area contributed by atoms with E-state index in [0.29, 0.717) is 17.7 Å². The zero-order chi connectivity index (χ0) is 8.97. The summed E-state index contributed by atoms with van der Waals surface area (Å²) in [6, 6.07) is 3.31. The topological polar surface area (TPSA) is 65.5 Å². The summed E-state index contributed by atoms with van der Waals surface area (Å²) in [6.45, 7) is 3.48. The van der Waals surface area contributed by atoms with Gasteiger partial charge >= 0.3 is 5.30 Å². The van der Waals surface area contributed by atoms with E-state index in [1.54, 1.807) is 12.1 Å². The first-order valence-corrected chi connectivity index (χ1v) is 3.93. The molecular weight excluding hydrogens is 178 g/mol. The average Bonchev–Trinajstić information content (AvgIpc) is 2.56. The number of carbonyl (C=O) groups excluding carboxylic acids is 1. The van der Waals surface area contributed by atoms with Gasteiger partial charge in [-0.2, -0.15) is 0 Å². The van der Waals surface area contributed by atoms with Gasteiger partial charge in [-0.15, -0.1) is 0 Å². The van der Waals surface area contributed by atoms with E-state index in [1.165, 1.54) is 6.26 Å². The molecule has 0 aliphatic rings. The van der Waals surface area contributed by atoms with Crippen LogP contribution in [0.15, 0.2) is 29.4 Å². The summed E-state index contributed by atoms with van der Waals surface area (Å²) in [4.78, 5) is 10.6. The quantitative estimate of drug-likeness (QED) is 0.433. The second-order valence-corrected chi connectivity index (χ2v) is 2.44. The van der Waals surface area contributed by atoms with Gasteiger partial charge in [0.15, 0.2) is 11.5 Å². The summed E-state index contributed by atoms with van der Waals surface area (Å²) in [5.41, 5.74) is 0. The molecule has 0 aliphatic carbocycles. The number of ether oxygens (including phenoxy) is 1. The maximum atomic E-state index is 10.6. The Morgan fingerprint density at radius 3 is 3.00 bits per heavy atom. The molecule has 5 heteroatoms. The third-order valence-corrected chi connectivity index (χ3v) is 1.37. The number of furan rings is 1. The van der Waals surface area contributed by atoms with E-state index in [4.69, 9.17) is 9.56 Å². The van der Waals surface area contributed by atoms with Crippen LogP contribution in [0.3, 0.4) is 0 Å². The second-order valence-electron chi connectivity index (χ2n) is 1.87. The minimum absolute atomic E-state index is 0.156. The van der Waals surface area contributed by atoms with Gasteiger partial charge in [0.25, 0.3) is 0 Å². The Morgan fingerprint density at radius 1 is 1.75 bits per heavy atom. The van der Waals surface area contributed by atoms with Gasteiger partial charge in [0.2, 0.25) is 0 Å². The van der Waals surface area contributed by atoms with Crippen LogP contribution in [0.5, 0.6) is 0 Å². The number of hydrogen-bond acceptors (Lipinski definition) is 5. The van der Waals surface area contributed by atoms with Crippen molar-refractivity contribution in [2.45, 2.75) is 0 Å². The summed E-state index contributed by atoms with van der Waals surface area (Å²) in [5.74, 6) is 0.570. The molecule has 0 aromatic carbocycles. The standard InChI is InChI=1S/C7H7NO3S/c1-5(11-7(9)12-8)6-3-2-4-10-6/h2-4H,1,8H2. The van der Waals surface area contributed by atoms with E-state index in [1.807, 2.05) is 0 Å². The molecule has 64 valence electrons. The van der Waals surface area contributed by atoms with E-state index in [0.717, 1.165) is 0 Å². The molecule has 2 N–H and O–H groups in total. The van der Waals surface area contributed by atoms with Crippen molar-refractivity contribution in [1.82, 2.24) is 0 Å². The van der Waals surface area contributed by atoms with Crippen LogP contribution < -0.4 is 5.14 Å². The highest BCUT2D eigenvalue weighted by Gasteiger charge is 2.07. The minimum Gasteiger partial charge on any atom is -0.461 e. The maximum Gasteiger partial charge on any atom is 0.387 e. The smallest absolute Gasteiger partial charge is 0.387 e. The normalized spacial score (nSPS) is 9.42. The number of rotatable bonds is 2. The number of nitrogens with two attached hydrogens (primary N) is 1. The van der Waals surface area contributed by atoms with Crippen molar-refractivity contribution in [2.24, 2.45) is 5.14 Å². The molecule has 0 aliphatic heterocycles. The predicted molar refractivity (Wildman–Crippen MR) is 46.0 cm³/mol. The van der Waals surface area contributed by atoms with Gasteiger partial charge in [-0.1, -0.05) is 6.58 Å². The van der Waals surface area contributed by atoms with Gasteiger partial charge in [0.05, 0.1) is 6.26 Å². The third-order valence-electron chi connectivity index (χ3n) is 1.10. The molecule has 1 rings (SSSR count). The third kappa shape index (κ3) is 2.14. The van der Waals surface area contributed by atoms with Crippen molar-refractivity contribution >= 4 is 23.0 Å². The van der Waals surface area contributed by atoms with E-state index < -0.39 is 5.30 Å². The first kappa shape index (κ1) is 8.89. The Morgan fingerprint density at radius 2 is 2.50 bits per heavy atom. The van der Waals surface area contributed by atoms with Crippen LogP contribution in [0.1, 0.15) is 5.76 Å². The van der Waals surface area contributed by atoms with Gasteiger partial charge in [-0.25, -0.2) is 4.79 Å². The van der Waals surface area contributed by atoms with Crippen LogP contribution in [0.2, 0.25) is 0 Å². The first-order valence-electron chi connectivity index (χ1n) is 3.05. The van der Waals surface area contributed by atoms with Crippen LogP contribution in [-0.4, -0.2) is 5.30 Å². The fraction of sp³-hybridized carbons (Fsp3) is 0. The van der Waals surface area contributed by atoms with E-state index >= 15 is 0 Å². The van der Waals surface area contributed by atoms with E-state index in [-0.39, 0.29) is 5.76 Å². The summed E-state index contributed by atoms with van der Waals surface area (Å²) >= 11 is 0.487. The van der Waals surface area contributed by atoms with Crippen LogP contribution in [0, 0.1) is 0 Å². The van der Waals surface area contributed by atoms with Crippen molar-refractivity contribution in [3.8, 4) is 0 Å². The maximum absolute atomic E-state index is 10.6. The molecule has 0 saturated carbocycles. The van der Waals surface area contributed by atoms with Crippen LogP contribution in [0.4, 0.5) is 4.79 Å². The van der Waals surface area contributed by atoms with Crippen molar-refractivity contribution in [2.75, 3.05) is 0 Å². The Labute approximate surface area is 73.5 Å². The molecule has 1 aromatic heterocycles. The van der Waals surface area contributed by atoms with Gasteiger partial charge in [0, 0.05) is 11.9 Å². The van der Waals surface area contributed by atoms with Crippen molar-refractivity contribution in [1.29, 1.82) is 0 Å². The molecule has 0 bridgehead atoms. The first-order chi connectivity index (χ1) is 5.74. The van der Waals surface area contributed by atoms with Crippen molar-refractivity contribution < 1.29 is 13.9 Å². The Bertz CT molecular complexity index is 281. The van der Waals surface area contributed by atoms with Gasteiger partial charge in [-0.3, -0.25) is 5.14 Å². The SMILES string of the molecule is C=C(OC(=O)SN)c1ccco1. The molecule has 4 nitrogen and oxygen atoms in total. The molecule has 0 spiro atoms. The van der Waals surface area contributed by atoms with E-state index in [2.05, 4.69) is 11.3 Å². The number of hydrogen-bond donors (Lipinski definition) is 1. The van der Waals surface area contributed by atoms with Gasteiger partial charge < -0.3 is 9.15 Å². The van der Waals surface area contributed by atoms with Gasteiger partial charge in [-0.05, 0) is 12.1 Å². The lowest BCUT2D eigenvalue weighted by Crippen LogP contribution is -1.98. The second kappa shape index (κ2) is 3.99. The Kier molecular flexibility index (Phi) is 2.95.